The number of amides is 1. The van der Waals surface area contributed by atoms with Crippen LogP contribution in [0.2, 0.25) is 0 Å². The van der Waals surface area contributed by atoms with Crippen molar-refractivity contribution in [1.82, 2.24) is 15.1 Å². The van der Waals surface area contributed by atoms with E-state index in [4.69, 9.17) is 5.73 Å². The van der Waals surface area contributed by atoms with Crippen LogP contribution in [0, 0.1) is 0 Å². The Balaban J connectivity index is 1.78. The molecule has 0 bridgehead atoms. The molecule has 0 spiro atoms. The second kappa shape index (κ2) is 8.88. The van der Waals surface area contributed by atoms with E-state index < -0.39 is 0 Å². The van der Waals surface area contributed by atoms with Gasteiger partial charge in [-0.15, -0.1) is 0 Å². The highest BCUT2D eigenvalue weighted by atomic mass is 16.1. The minimum atomic E-state index is 0.00293. The van der Waals surface area contributed by atoms with Crippen LogP contribution >= 0.6 is 0 Å². The number of unbranched alkanes of at least 4 members (excludes halogenated alkanes) is 1. The summed E-state index contributed by atoms with van der Waals surface area (Å²) in [7, 11) is 2.16. The molecule has 1 aliphatic rings. The molecule has 1 aromatic carbocycles. The average Bonchev–Trinajstić information content (AvgIpc) is 2.54. The molecule has 1 aliphatic heterocycles. The van der Waals surface area contributed by atoms with Crippen LogP contribution in [0.25, 0.3) is 0 Å². The third-order valence-electron chi connectivity index (χ3n) is 4.13. The first-order valence-corrected chi connectivity index (χ1v) is 8.17. The summed E-state index contributed by atoms with van der Waals surface area (Å²) in [5, 5.41) is 2.93. The van der Waals surface area contributed by atoms with Gasteiger partial charge < -0.3 is 16.0 Å². The number of nitrogens with zero attached hydrogens (tertiary/aromatic N) is 2. The standard InChI is InChI=1S/C17H28N4O/c1-20-10-12-21(13-11-20)14-15-4-6-16(7-5-15)17(22)19-9-3-2-8-18/h4-7H,2-3,8-14,18H2,1H3,(H,19,22). The molecule has 2 rings (SSSR count). The normalized spacial score (nSPS) is 16.6. The average molecular weight is 304 g/mol. The van der Waals surface area contributed by atoms with Crippen LogP contribution in [0.5, 0.6) is 0 Å². The second-order valence-corrected chi connectivity index (χ2v) is 6.03. The number of carbonyl (C=O) groups is 1. The van der Waals surface area contributed by atoms with Gasteiger partial charge in [0.25, 0.3) is 5.91 Å². The van der Waals surface area contributed by atoms with Gasteiger partial charge in [-0.1, -0.05) is 12.1 Å². The van der Waals surface area contributed by atoms with E-state index >= 15 is 0 Å². The van der Waals surface area contributed by atoms with Crippen LogP contribution in [-0.2, 0) is 6.54 Å². The van der Waals surface area contributed by atoms with Crippen LogP contribution < -0.4 is 11.1 Å². The summed E-state index contributed by atoms with van der Waals surface area (Å²) in [5.41, 5.74) is 7.44. The third-order valence-corrected chi connectivity index (χ3v) is 4.13. The SMILES string of the molecule is CN1CCN(Cc2ccc(C(=O)NCCCCN)cc2)CC1. The highest BCUT2D eigenvalue weighted by Crippen LogP contribution is 2.09. The predicted octanol–water partition coefficient (Wildman–Crippen LogP) is 0.903. The number of piperazine rings is 1. The summed E-state index contributed by atoms with van der Waals surface area (Å²) in [6.07, 6.45) is 1.88. The molecule has 1 saturated heterocycles. The van der Waals surface area contributed by atoms with Crippen molar-refractivity contribution in [1.29, 1.82) is 0 Å². The fraction of sp³-hybridized carbons (Fsp3) is 0.588. The highest BCUT2D eigenvalue weighted by Gasteiger charge is 2.14. The molecule has 1 aromatic rings. The smallest absolute Gasteiger partial charge is 0.251 e. The Bertz CT molecular complexity index is 452. The first kappa shape index (κ1) is 16.9. The van der Waals surface area contributed by atoms with Crippen LogP contribution in [0.15, 0.2) is 24.3 Å². The zero-order valence-electron chi connectivity index (χ0n) is 13.6. The minimum absolute atomic E-state index is 0.00293. The van der Waals surface area contributed by atoms with Crippen molar-refractivity contribution in [3.05, 3.63) is 35.4 Å². The van der Waals surface area contributed by atoms with Gasteiger partial charge in [0.2, 0.25) is 0 Å². The van der Waals surface area contributed by atoms with Crippen molar-refractivity contribution >= 4 is 5.91 Å². The van der Waals surface area contributed by atoms with E-state index in [0.717, 1.165) is 51.1 Å². The van der Waals surface area contributed by atoms with Crippen molar-refractivity contribution in [3.8, 4) is 0 Å². The van der Waals surface area contributed by atoms with E-state index in [1.165, 1.54) is 5.56 Å². The molecule has 0 atom stereocenters. The Hall–Kier alpha value is -1.43. The molecule has 1 fully saturated rings. The molecule has 3 N–H and O–H groups in total. The van der Waals surface area contributed by atoms with Gasteiger partial charge in [0.05, 0.1) is 0 Å². The number of nitrogens with two attached hydrogens (primary N) is 1. The Morgan fingerprint density at radius 1 is 1.14 bits per heavy atom. The highest BCUT2D eigenvalue weighted by molar-refractivity contribution is 5.94. The summed E-state index contributed by atoms with van der Waals surface area (Å²) >= 11 is 0. The number of benzene rings is 1. The van der Waals surface area contributed by atoms with Crippen LogP contribution in [-0.4, -0.2) is 62.0 Å². The molecule has 0 saturated carbocycles. The molecule has 0 unspecified atom stereocenters. The maximum atomic E-state index is 12.0. The summed E-state index contributed by atoms with van der Waals surface area (Å²) < 4.78 is 0. The maximum absolute atomic E-state index is 12.0. The molecule has 1 heterocycles. The van der Waals surface area contributed by atoms with Crippen LogP contribution in [0.4, 0.5) is 0 Å². The fourth-order valence-corrected chi connectivity index (χ4v) is 2.60. The zero-order chi connectivity index (χ0) is 15.8. The van der Waals surface area contributed by atoms with Gasteiger partial charge in [0.1, 0.15) is 0 Å². The number of nitrogens with one attached hydrogen (secondary N) is 1. The molecule has 0 aromatic heterocycles. The van der Waals surface area contributed by atoms with Gasteiger partial charge in [0, 0.05) is 44.8 Å². The lowest BCUT2D eigenvalue weighted by Crippen LogP contribution is -2.43. The molecule has 22 heavy (non-hydrogen) atoms. The van der Waals surface area contributed by atoms with E-state index in [1.54, 1.807) is 0 Å². The second-order valence-electron chi connectivity index (χ2n) is 6.03. The molecule has 122 valence electrons. The third kappa shape index (κ3) is 5.40. The molecule has 0 aliphatic carbocycles. The van der Waals surface area contributed by atoms with Crippen LogP contribution in [0.3, 0.4) is 0 Å². The fourth-order valence-electron chi connectivity index (χ4n) is 2.60. The quantitative estimate of drug-likeness (QED) is 0.735. The Morgan fingerprint density at radius 2 is 1.82 bits per heavy atom. The van der Waals surface area contributed by atoms with E-state index in [1.807, 2.05) is 12.1 Å². The minimum Gasteiger partial charge on any atom is -0.352 e. The Kier molecular flexibility index (Phi) is 6.83. The summed E-state index contributed by atoms with van der Waals surface area (Å²) in [6, 6.07) is 7.97. The van der Waals surface area contributed by atoms with E-state index in [2.05, 4.69) is 34.3 Å². The molecule has 0 radical (unpaired) electrons. The monoisotopic (exact) mass is 304 g/mol. The first-order chi connectivity index (χ1) is 10.7. The van der Waals surface area contributed by atoms with E-state index in [-0.39, 0.29) is 5.91 Å². The van der Waals surface area contributed by atoms with Gasteiger partial charge in [-0.05, 0) is 44.1 Å². The summed E-state index contributed by atoms with van der Waals surface area (Å²) in [6.45, 7) is 6.81. The number of carbonyl (C=O) groups excluding carboxylic acids is 1. The lowest BCUT2D eigenvalue weighted by molar-refractivity contribution is 0.0953. The number of hydrogen-bond donors (Lipinski definition) is 2. The maximum Gasteiger partial charge on any atom is 0.251 e. The van der Waals surface area contributed by atoms with Crippen molar-refractivity contribution in [2.75, 3.05) is 46.3 Å². The van der Waals surface area contributed by atoms with Gasteiger partial charge in [-0.2, -0.15) is 0 Å². The predicted molar refractivity (Wildman–Crippen MR) is 89.8 cm³/mol. The molecule has 5 heteroatoms. The van der Waals surface area contributed by atoms with Gasteiger partial charge in [0.15, 0.2) is 0 Å². The lowest BCUT2D eigenvalue weighted by Gasteiger charge is -2.32. The van der Waals surface area contributed by atoms with Crippen molar-refractivity contribution < 1.29 is 4.79 Å². The Labute approximate surface area is 133 Å². The van der Waals surface area contributed by atoms with E-state index in [0.29, 0.717) is 13.1 Å². The lowest BCUT2D eigenvalue weighted by atomic mass is 10.1. The molecular formula is C17H28N4O. The van der Waals surface area contributed by atoms with Crippen LogP contribution in [0.1, 0.15) is 28.8 Å². The molecule has 5 nitrogen and oxygen atoms in total. The van der Waals surface area contributed by atoms with Crippen molar-refractivity contribution in [3.63, 3.8) is 0 Å². The largest absolute Gasteiger partial charge is 0.352 e. The molecule has 1 amide bonds. The van der Waals surface area contributed by atoms with Gasteiger partial charge in [-0.25, -0.2) is 0 Å². The topological polar surface area (TPSA) is 61.6 Å². The number of likely N-dealkylation sites (N-methyl/N-ethyl adjacent to an activating group) is 1. The summed E-state index contributed by atoms with van der Waals surface area (Å²) in [4.78, 5) is 16.8. The summed E-state index contributed by atoms with van der Waals surface area (Å²) in [5.74, 6) is 0.00293. The van der Waals surface area contributed by atoms with Crippen molar-refractivity contribution in [2.45, 2.75) is 19.4 Å². The number of hydrogen-bond acceptors (Lipinski definition) is 4. The Morgan fingerprint density at radius 3 is 2.45 bits per heavy atom. The zero-order valence-corrected chi connectivity index (χ0v) is 13.6. The van der Waals surface area contributed by atoms with Gasteiger partial charge >= 0.3 is 0 Å². The number of rotatable bonds is 7. The van der Waals surface area contributed by atoms with Gasteiger partial charge in [-0.3, -0.25) is 9.69 Å². The van der Waals surface area contributed by atoms with Crippen molar-refractivity contribution in [2.24, 2.45) is 5.73 Å². The first-order valence-electron chi connectivity index (χ1n) is 8.17. The molecular weight excluding hydrogens is 276 g/mol. The van der Waals surface area contributed by atoms with E-state index in [9.17, 15) is 4.79 Å².